The Balaban J connectivity index is 1.14. The van der Waals surface area contributed by atoms with E-state index in [1.54, 1.807) is 12.7 Å². The molecule has 0 unspecified atom stereocenters. The van der Waals surface area contributed by atoms with E-state index in [0.717, 1.165) is 38.5 Å². The molecule has 1 aliphatic heterocycles. The smallest absolute Gasteiger partial charge is 0.137 e. The molecule has 1 N–H and O–H groups in total. The third-order valence-electron chi connectivity index (χ3n) is 6.59. The summed E-state index contributed by atoms with van der Waals surface area (Å²) >= 11 is 0. The van der Waals surface area contributed by atoms with Gasteiger partial charge in [0.25, 0.3) is 0 Å². The van der Waals surface area contributed by atoms with Crippen molar-refractivity contribution < 1.29 is 0 Å². The van der Waals surface area contributed by atoms with Crippen molar-refractivity contribution in [3.8, 4) is 0 Å². The lowest BCUT2D eigenvalue weighted by atomic mass is 9.98. The van der Waals surface area contributed by atoms with Crippen LogP contribution >= 0.6 is 0 Å². The van der Waals surface area contributed by atoms with Crippen molar-refractivity contribution in [1.29, 1.82) is 0 Å². The van der Waals surface area contributed by atoms with Crippen molar-refractivity contribution in [1.82, 2.24) is 29.5 Å². The lowest BCUT2D eigenvalue weighted by molar-refractivity contribution is 0.0625. The first kappa shape index (κ1) is 20.9. The zero-order valence-electron chi connectivity index (χ0n) is 18.8. The summed E-state index contributed by atoms with van der Waals surface area (Å²) < 4.78 is 1.87. The fourth-order valence-corrected chi connectivity index (χ4v) is 4.82. The van der Waals surface area contributed by atoms with Crippen molar-refractivity contribution in [2.45, 2.75) is 26.4 Å². The van der Waals surface area contributed by atoms with Crippen LogP contribution in [0.2, 0.25) is 0 Å². The second-order valence-electron chi connectivity index (χ2n) is 8.98. The third kappa shape index (κ3) is 4.92. The van der Waals surface area contributed by atoms with Gasteiger partial charge in [-0.1, -0.05) is 43.3 Å². The molecule has 4 aromatic rings. The van der Waals surface area contributed by atoms with Gasteiger partial charge in [0, 0.05) is 49.8 Å². The molecule has 32 heavy (non-hydrogen) atoms. The van der Waals surface area contributed by atoms with Crippen LogP contribution in [0.15, 0.2) is 67.4 Å². The van der Waals surface area contributed by atoms with Crippen LogP contribution < -0.4 is 0 Å². The molecule has 2 aromatic heterocycles. The zero-order valence-corrected chi connectivity index (χ0v) is 18.8. The summed E-state index contributed by atoms with van der Waals surface area (Å²) in [7, 11) is 0. The predicted octanol–water partition coefficient (Wildman–Crippen LogP) is 3.80. The number of rotatable bonds is 10. The summed E-state index contributed by atoms with van der Waals surface area (Å²) in [6.45, 7) is 9.95. The Hall–Kier alpha value is -2.96. The molecular weight excluding hydrogens is 396 g/mol. The summed E-state index contributed by atoms with van der Waals surface area (Å²) in [4.78, 5) is 12.7. The maximum atomic E-state index is 4.23. The average Bonchev–Trinajstić information content (AvgIpc) is 3.45. The third-order valence-corrected chi connectivity index (χ3v) is 6.59. The highest BCUT2D eigenvalue weighted by molar-refractivity contribution is 5.83. The summed E-state index contributed by atoms with van der Waals surface area (Å²) in [6, 6.07) is 17.5. The summed E-state index contributed by atoms with van der Waals surface area (Å²) in [5, 5.41) is 5.56. The quantitative estimate of drug-likeness (QED) is 0.417. The Morgan fingerprint density at radius 3 is 2.72 bits per heavy atom. The molecular formula is C26H32N6. The van der Waals surface area contributed by atoms with Gasteiger partial charge < -0.3 is 9.88 Å². The number of nitrogens with one attached hydrogen (secondary N) is 1. The number of aromatic amines is 1. The number of fused-ring (bicyclic) bond motifs is 1. The van der Waals surface area contributed by atoms with Gasteiger partial charge in [0.2, 0.25) is 0 Å². The molecule has 1 saturated heterocycles. The zero-order chi connectivity index (χ0) is 21.8. The molecule has 0 aliphatic carbocycles. The number of nitrogens with zero attached hydrogens (tertiary/aromatic N) is 5. The van der Waals surface area contributed by atoms with Crippen LogP contribution in [0.25, 0.3) is 10.9 Å². The Morgan fingerprint density at radius 2 is 1.94 bits per heavy atom. The van der Waals surface area contributed by atoms with Gasteiger partial charge in [0.05, 0.1) is 6.54 Å². The molecule has 0 atom stereocenters. The number of hydrogen-bond acceptors (Lipinski definition) is 4. The fourth-order valence-electron chi connectivity index (χ4n) is 4.82. The van der Waals surface area contributed by atoms with Crippen molar-refractivity contribution in [2.75, 3.05) is 32.7 Å². The van der Waals surface area contributed by atoms with Crippen LogP contribution in [0.3, 0.4) is 0 Å². The first-order valence-corrected chi connectivity index (χ1v) is 11.7. The first-order chi connectivity index (χ1) is 15.8. The van der Waals surface area contributed by atoms with Crippen molar-refractivity contribution in [3.63, 3.8) is 0 Å². The Kier molecular flexibility index (Phi) is 6.32. The number of H-pyrrole nitrogens is 1. The largest absolute Gasteiger partial charge is 0.361 e. The Morgan fingerprint density at radius 1 is 1.06 bits per heavy atom. The van der Waals surface area contributed by atoms with Crippen molar-refractivity contribution in [2.24, 2.45) is 5.92 Å². The van der Waals surface area contributed by atoms with Gasteiger partial charge in [-0.2, -0.15) is 5.10 Å². The first-order valence-electron chi connectivity index (χ1n) is 11.7. The van der Waals surface area contributed by atoms with Crippen molar-refractivity contribution in [3.05, 3.63) is 84.1 Å². The minimum absolute atomic E-state index is 0.753. The fraction of sp³-hybridized carbons (Fsp3) is 0.385. The van der Waals surface area contributed by atoms with Gasteiger partial charge in [-0.3, -0.25) is 4.90 Å². The van der Waals surface area contributed by atoms with Crippen LogP contribution in [0.5, 0.6) is 0 Å². The van der Waals surface area contributed by atoms with E-state index in [9.17, 15) is 0 Å². The maximum Gasteiger partial charge on any atom is 0.137 e. The average molecular weight is 429 g/mol. The highest BCUT2D eigenvalue weighted by Crippen LogP contribution is 2.23. The molecule has 6 nitrogen and oxygen atoms in total. The highest BCUT2D eigenvalue weighted by atomic mass is 15.3. The molecule has 5 rings (SSSR count). The Labute approximate surface area is 189 Å². The van der Waals surface area contributed by atoms with E-state index in [4.69, 9.17) is 0 Å². The van der Waals surface area contributed by atoms with Crippen LogP contribution in [0.4, 0.5) is 0 Å². The van der Waals surface area contributed by atoms with E-state index < -0.39 is 0 Å². The molecule has 3 heterocycles. The molecule has 1 aliphatic rings. The standard InChI is InChI=1S/C26H32N6/c1-2-30(15-23-16-31(17-23)14-21-6-4-3-5-7-21)11-10-24-13-28-26-9-8-22(12-25(24)26)18-32-20-27-19-29-32/h3-9,12-13,19-20,23,28H,2,10-11,14-18H2,1H3. The topological polar surface area (TPSA) is 53.0 Å². The van der Waals surface area contributed by atoms with E-state index in [-0.39, 0.29) is 0 Å². The van der Waals surface area contributed by atoms with E-state index >= 15 is 0 Å². The van der Waals surface area contributed by atoms with Gasteiger partial charge in [0.1, 0.15) is 12.7 Å². The number of likely N-dealkylation sites (tertiary alicyclic amines) is 1. The predicted molar refractivity (Wildman–Crippen MR) is 128 cm³/mol. The van der Waals surface area contributed by atoms with Gasteiger partial charge in [-0.15, -0.1) is 0 Å². The van der Waals surface area contributed by atoms with Crippen molar-refractivity contribution >= 4 is 10.9 Å². The second-order valence-corrected chi connectivity index (χ2v) is 8.98. The second kappa shape index (κ2) is 9.67. The monoisotopic (exact) mass is 428 g/mol. The highest BCUT2D eigenvalue weighted by Gasteiger charge is 2.27. The molecule has 2 aromatic carbocycles. The normalized spacial score (nSPS) is 14.9. The summed E-state index contributed by atoms with van der Waals surface area (Å²) in [5.41, 5.74) is 5.28. The number of benzene rings is 2. The van der Waals surface area contributed by atoms with Crippen LogP contribution in [0, 0.1) is 5.92 Å². The lowest BCUT2D eigenvalue weighted by Crippen LogP contribution is -2.51. The van der Waals surface area contributed by atoms with Gasteiger partial charge in [0.15, 0.2) is 0 Å². The van der Waals surface area contributed by atoms with Crippen LogP contribution in [0.1, 0.15) is 23.6 Å². The number of hydrogen-bond donors (Lipinski definition) is 1. The van der Waals surface area contributed by atoms with E-state index in [1.807, 2.05) is 4.68 Å². The molecule has 166 valence electrons. The molecule has 0 radical (unpaired) electrons. The van der Waals surface area contributed by atoms with E-state index in [2.05, 4.69) is 86.5 Å². The summed E-state index contributed by atoms with van der Waals surface area (Å²) in [6.07, 6.45) is 6.61. The van der Waals surface area contributed by atoms with E-state index in [0.29, 0.717) is 0 Å². The van der Waals surface area contributed by atoms with Gasteiger partial charge >= 0.3 is 0 Å². The number of aromatic nitrogens is 4. The molecule has 0 spiro atoms. The molecule has 0 bridgehead atoms. The SMILES string of the molecule is CCN(CCc1c[nH]c2ccc(Cn3cncn3)cc12)CC1CN(Cc2ccccc2)C1. The minimum Gasteiger partial charge on any atom is -0.361 e. The molecule has 0 saturated carbocycles. The molecule has 0 amide bonds. The van der Waals surface area contributed by atoms with Crippen LogP contribution in [-0.2, 0) is 19.5 Å². The van der Waals surface area contributed by atoms with Gasteiger partial charge in [-0.05, 0) is 47.7 Å². The lowest BCUT2D eigenvalue weighted by Gasteiger charge is -2.41. The van der Waals surface area contributed by atoms with E-state index in [1.165, 1.54) is 47.2 Å². The maximum absolute atomic E-state index is 4.23. The molecule has 6 heteroatoms. The minimum atomic E-state index is 0.753. The summed E-state index contributed by atoms with van der Waals surface area (Å²) in [5.74, 6) is 0.788. The van der Waals surface area contributed by atoms with Crippen LogP contribution in [-0.4, -0.2) is 62.3 Å². The molecule has 1 fully saturated rings. The van der Waals surface area contributed by atoms with Gasteiger partial charge in [-0.25, -0.2) is 9.67 Å². The Bertz CT molecular complexity index is 1110. The number of likely N-dealkylation sites (N-methyl/N-ethyl adjacent to an activating group) is 1.